The number of hydrogen-bond acceptors (Lipinski definition) is 11. The van der Waals surface area contributed by atoms with Crippen molar-refractivity contribution in [3.63, 3.8) is 0 Å². The van der Waals surface area contributed by atoms with Crippen LogP contribution in [0.4, 0.5) is 0 Å². The Bertz CT molecular complexity index is 1450. The molecule has 0 aromatic carbocycles. The second-order valence-corrected chi connectivity index (χ2v) is 16.1. The molecular formula is C41H60O11. The largest absolute Gasteiger partial charge is 0.462 e. The van der Waals surface area contributed by atoms with Crippen LogP contribution in [0.3, 0.4) is 0 Å². The predicted molar refractivity (Wildman–Crippen MR) is 193 cm³/mol. The summed E-state index contributed by atoms with van der Waals surface area (Å²) >= 11 is 0. The maximum Gasteiger partial charge on any atom is 0.316 e. The zero-order chi connectivity index (χ0) is 37.5. The number of esters is 1. The van der Waals surface area contributed by atoms with Crippen LogP contribution >= 0.6 is 0 Å². The summed E-state index contributed by atoms with van der Waals surface area (Å²) in [7, 11) is 1.58. The van der Waals surface area contributed by atoms with Crippen molar-refractivity contribution >= 4 is 5.97 Å². The number of allylic oxidation sites excluding steroid dienone is 2. The lowest BCUT2D eigenvalue weighted by Gasteiger charge is -2.48. The second kappa shape index (κ2) is 15.9. The summed E-state index contributed by atoms with van der Waals surface area (Å²) in [6, 6.07) is 0. The highest BCUT2D eigenvalue weighted by Gasteiger charge is 2.60. The van der Waals surface area contributed by atoms with Crippen molar-refractivity contribution in [3.05, 3.63) is 59.3 Å². The minimum absolute atomic E-state index is 0.0471. The highest BCUT2D eigenvalue weighted by molar-refractivity contribution is 5.78. The standard InChI is InChI=1S/C41H60O11/c1-9-22(2)37-25(5)15-16-40(52-37)20-30-18-29(51-40)14-13-24(4)36(50-33-19-32(46-8)35(43)27(7)48-33)23(3)11-10-12-28-21-47-38-34(42)26(6)17-31(39(44)49-30)41(28,38)45/h10-13,15-17,22-23,25,27,29-38,42-43,45H,9,14,18-21H2,1-8H3/b11-10+,24-13+,28-12+/t22?,23-,25-,27-,29+,30-,31-,32-,33-,34+,35-,36-,37+,38+,40+,41+/m0/s1. The van der Waals surface area contributed by atoms with E-state index in [-0.39, 0.29) is 36.6 Å². The number of fused-ring (bicyclic) bond motifs is 2. The Balaban J connectivity index is 1.38. The smallest absolute Gasteiger partial charge is 0.316 e. The summed E-state index contributed by atoms with van der Waals surface area (Å²) in [5.41, 5.74) is 0.184. The highest BCUT2D eigenvalue weighted by Crippen LogP contribution is 2.47. The second-order valence-electron chi connectivity index (χ2n) is 16.1. The average Bonchev–Trinajstić information content (AvgIpc) is 3.45. The molecule has 6 rings (SSSR count). The molecule has 16 atom stereocenters. The molecule has 5 heterocycles. The van der Waals surface area contributed by atoms with Crippen LogP contribution < -0.4 is 0 Å². The Kier molecular flexibility index (Phi) is 12.1. The van der Waals surface area contributed by atoms with E-state index >= 15 is 0 Å². The summed E-state index contributed by atoms with van der Waals surface area (Å²) < 4.78 is 44.4. The maximum absolute atomic E-state index is 14.2. The lowest BCUT2D eigenvalue weighted by molar-refractivity contribution is -0.300. The number of carbonyl (C=O) groups excluding carboxylic acids is 1. The molecule has 290 valence electrons. The van der Waals surface area contributed by atoms with Gasteiger partial charge in [0.2, 0.25) is 0 Å². The predicted octanol–water partition coefficient (Wildman–Crippen LogP) is 4.84. The SMILES string of the molecule is CCC(C)[C@H]1O[C@]2(C=C[C@@H]1C)C[C@@H]1C[C@@H](C/C=C(\C)[C@@H](O[C@H]3C[C@H](OC)[C@@H](O)[C@H](C)O3)[C@@H](C)/C=C/C=C3\CO[C@@H]4[C@H](O)C(C)=C[C@@H](C(=O)O1)[C@]34O)O2. The summed E-state index contributed by atoms with van der Waals surface area (Å²) in [5, 5.41) is 34.1. The van der Waals surface area contributed by atoms with Crippen molar-refractivity contribution in [2.45, 2.75) is 153 Å². The van der Waals surface area contributed by atoms with E-state index in [0.29, 0.717) is 36.8 Å². The molecule has 11 nitrogen and oxygen atoms in total. The Morgan fingerprint density at radius 1 is 1.04 bits per heavy atom. The zero-order valence-electron chi connectivity index (χ0n) is 32.0. The van der Waals surface area contributed by atoms with Gasteiger partial charge in [-0.3, -0.25) is 4.79 Å². The Labute approximate surface area is 308 Å². The number of carbonyl (C=O) groups is 1. The van der Waals surface area contributed by atoms with Gasteiger partial charge in [0.05, 0.1) is 37.1 Å². The maximum atomic E-state index is 14.2. The third kappa shape index (κ3) is 7.68. The summed E-state index contributed by atoms with van der Waals surface area (Å²) in [4.78, 5) is 14.2. The van der Waals surface area contributed by atoms with Gasteiger partial charge in [0.25, 0.3) is 0 Å². The van der Waals surface area contributed by atoms with E-state index in [1.54, 1.807) is 26.2 Å². The van der Waals surface area contributed by atoms with Crippen molar-refractivity contribution in [2.75, 3.05) is 13.7 Å². The van der Waals surface area contributed by atoms with E-state index in [1.807, 2.05) is 39.0 Å². The minimum Gasteiger partial charge on any atom is -0.462 e. The first-order valence-electron chi connectivity index (χ1n) is 19.2. The Morgan fingerprint density at radius 2 is 1.81 bits per heavy atom. The van der Waals surface area contributed by atoms with Crippen molar-refractivity contribution in [3.8, 4) is 0 Å². The van der Waals surface area contributed by atoms with Crippen LogP contribution in [0.5, 0.6) is 0 Å². The van der Waals surface area contributed by atoms with Gasteiger partial charge in [-0.25, -0.2) is 0 Å². The van der Waals surface area contributed by atoms with Gasteiger partial charge in [-0.15, -0.1) is 0 Å². The molecular weight excluding hydrogens is 668 g/mol. The third-order valence-corrected chi connectivity index (χ3v) is 12.3. The van der Waals surface area contributed by atoms with Gasteiger partial charge >= 0.3 is 5.97 Å². The first kappa shape index (κ1) is 39.5. The van der Waals surface area contributed by atoms with Gasteiger partial charge in [-0.1, -0.05) is 70.6 Å². The first-order chi connectivity index (χ1) is 24.7. The van der Waals surface area contributed by atoms with E-state index in [4.69, 9.17) is 33.2 Å². The van der Waals surface area contributed by atoms with Crippen molar-refractivity contribution in [1.29, 1.82) is 0 Å². The molecule has 0 saturated carbocycles. The molecule has 3 fully saturated rings. The third-order valence-electron chi connectivity index (χ3n) is 12.3. The van der Waals surface area contributed by atoms with Crippen LogP contribution in [0.2, 0.25) is 0 Å². The lowest BCUT2D eigenvalue weighted by atomic mass is 9.71. The van der Waals surface area contributed by atoms with Crippen molar-refractivity contribution < 1.29 is 53.3 Å². The summed E-state index contributed by atoms with van der Waals surface area (Å²) in [6.45, 7) is 14.2. The minimum atomic E-state index is -1.81. The molecule has 11 heteroatoms. The molecule has 0 radical (unpaired) electrons. The molecule has 1 spiro atoms. The van der Waals surface area contributed by atoms with Crippen LogP contribution in [0.1, 0.15) is 80.6 Å². The molecule has 0 aromatic heterocycles. The Hall–Kier alpha value is -2.19. The van der Waals surface area contributed by atoms with Gasteiger partial charge < -0.3 is 48.5 Å². The Morgan fingerprint density at radius 3 is 2.54 bits per heavy atom. The van der Waals surface area contributed by atoms with Crippen molar-refractivity contribution in [1.82, 2.24) is 0 Å². The molecule has 2 bridgehead atoms. The van der Waals surface area contributed by atoms with Crippen LogP contribution in [0.15, 0.2) is 59.3 Å². The van der Waals surface area contributed by atoms with Crippen LogP contribution in [-0.4, -0.2) is 108 Å². The molecule has 0 amide bonds. The number of methoxy groups -OCH3 is 1. The normalized spacial score (nSPS) is 48.8. The molecule has 1 aliphatic carbocycles. The summed E-state index contributed by atoms with van der Waals surface area (Å²) in [6.07, 6.45) is 10.2. The fourth-order valence-electron chi connectivity index (χ4n) is 8.87. The fraction of sp³-hybridized carbons (Fsp3) is 0.732. The molecule has 3 saturated heterocycles. The first-order valence-corrected chi connectivity index (χ1v) is 19.2. The van der Waals surface area contributed by atoms with Crippen molar-refractivity contribution in [2.24, 2.45) is 23.7 Å². The lowest BCUT2D eigenvalue weighted by Crippen LogP contribution is -2.58. The van der Waals surface area contributed by atoms with Gasteiger partial charge in [0.1, 0.15) is 35.9 Å². The molecule has 6 aliphatic rings. The summed E-state index contributed by atoms with van der Waals surface area (Å²) in [5.74, 6) is -2.44. The topological polar surface area (TPSA) is 142 Å². The van der Waals surface area contributed by atoms with Crippen LogP contribution in [0.25, 0.3) is 0 Å². The van der Waals surface area contributed by atoms with E-state index in [2.05, 4.69) is 32.9 Å². The van der Waals surface area contributed by atoms with E-state index in [0.717, 1.165) is 12.0 Å². The molecule has 52 heavy (non-hydrogen) atoms. The molecule has 0 aromatic rings. The average molecular weight is 729 g/mol. The number of ether oxygens (including phenoxy) is 7. The van der Waals surface area contributed by atoms with E-state index < -0.39 is 72.3 Å². The number of rotatable bonds is 5. The van der Waals surface area contributed by atoms with Crippen LogP contribution in [0, 0.1) is 23.7 Å². The fourth-order valence-corrected chi connectivity index (χ4v) is 8.87. The van der Waals surface area contributed by atoms with Gasteiger partial charge in [0.15, 0.2) is 12.1 Å². The van der Waals surface area contributed by atoms with Crippen LogP contribution in [-0.2, 0) is 38.0 Å². The monoisotopic (exact) mass is 728 g/mol. The number of aliphatic hydroxyl groups excluding tert-OH is 2. The van der Waals surface area contributed by atoms with Gasteiger partial charge in [-0.2, -0.15) is 0 Å². The van der Waals surface area contributed by atoms with E-state index in [1.165, 1.54) is 0 Å². The number of aliphatic hydroxyl groups is 3. The highest BCUT2D eigenvalue weighted by atomic mass is 16.7. The molecule has 5 aliphatic heterocycles. The van der Waals surface area contributed by atoms with Gasteiger partial charge in [-0.05, 0) is 55.9 Å². The molecule has 3 N–H and O–H groups in total. The zero-order valence-corrected chi connectivity index (χ0v) is 32.0. The molecule has 1 unspecified atom stereocenters. The quantitative estimate of drug-likeness (QED) is 0.265. The number of hydrogen-bond donors (Lipinski definition) is 3. The van der Waals surface area contributed by atoms with Gasteiger partial charge in [0, 0.05) is 38.2 Å². The van der Waals surface area contributed by atoms with E-state index in [9.17, 15) is 20.1 Å².